The van der Waals surface area contributed by atoms with Crippen molar-refractivity contribution < 1.29 is 49.5 Å². The molecule has 0 saturated carbocycles. The molecule has 3 aromatic rings. The summed E-state index contributed by atoms with van der Waals surface area (Å²) in [6.07, 6.45) is -4.31. The third-order valence-electron chi connectivity index (χ3n) is 6.43. The fourth-order valence-corrected chi connectivity index (χ4v) is 5.93. The van der Waals surface area contributed by atoms with Crippen LogP contribution in [0, 0.1) is 5.82 Å². The lowest BCUT2D eigenvalue weighted by atomic mass is 9.97. The Morgan fingerprint density at radius 3 is 2.67 bits per heavy atom. The molecule has 11 nitrogen and oxygen atoms in total. The van der Waals surface area contributed by atoms with Gasteiger partial charge in [0.1, 0.15) is 30.2 Å². The van der Waals surface area contributed by atoms with E-state index >= 15 is 4.39 Å². The second-order valence-electron chi connectivity index (χ2n) is 8.90. The third kappa shape index (κ3) is 5.68. The number of fused-ring (bicyclic) bond motifs is 1. The lowest BCUT2D eigenvalue weighted by molar-refractivity contribution is -0.274. The number of halogens is 4. The molecule has 0 radical (unpaired) electrons. The molecule has 2 aromatic carbocycles. The molecule has 0 unspecified atom stereocenters. The van der Waals surface area contributed by atoms with Gasteiger partial charge in [0.05, 0.1) is 24.9 Å². The number of hydrogen-bond acceptors (Lipinski definition) is 8. The van der Waals surface area contributed by atoms with Gasteiger partial charge >= 0.3 is 16.6 Å². The van der Waals surface area contributed by atoms with E-state index in [4.69, 9.17) is 9.47 Å². The van der Waals surface area contributed by atoms with Crippen LogP contribution >= 0.6 is 0 Å². The zero-order valence-electron chi connectivity index (χ0n) is 20.7. The van der Waals surface area contributed by atoms with Crippen molar-refractivity contribution in [3.05, 3.63) is 54.5 Å². The van der Waals surface area contributed by atoms with Crippen molar-refractivity contribution in [3.8, 4) is 22.6 Å². The van der Waals surface area contributed by atoms with Crippen LogP contribution in [-0.4, -0.2) is 69.1 Å². The summed E-state index contributed by atoms with van der Waals surface area (Å²) in [6.45, 7) is -0.484. The van der Waals surface area contributed by atoms with Crippen LogP contribution in [0.2, 0.25) is 0 Å². The number of aromatic nitrogens is 1. The van der Waals surface area contributed by atoms with E-state index in [1.54, 1.807) is 0 Å². The number of anilines is 2. The van der Waals surface area contributed by atoms with Gasteiger partial charge in [0.2, 0.25) is 0 Å². The summed E-state index contributed by atoms with van der Waals surface area (Å²) in [7, 11) is -2.71. The van der Waals surface area contributed by atoms with Gasteiger partial charge in [-0.05, 0) is 30.2 Å². The molecule has 40 heavy (non-hydrogen) atoms. The van der Waals surface area contributed by atoms with Crippen molar-refractivity contribution in [3.63, 3.8) is 0 Å². The number of piperidine rings is 1. The minimum Gasteiger partial charge on any atom is -0.495 e. The highest BCUT2D eigenvalue weighted by Crippen LogP contribution is 2.40. The first kappa shape index (κ1) is 27.7. The number of methoxy groups -OCH3 is 1. The van der Waals surface area contributed by atoms with Gasteiger partial charge in [-0.1, -0.05) is 17.3 Å². The first-order valence-corrected chi connectivity index (χ1v) is 13.2. The molecule has 5 rings (SSSR count). The maximum Gasteiger partial charge on any atom is 0.573 e. The number of carbonyl (C=O) groups excluding carboxylic acids is 1. The van der Waals surface area contributed by atoms with Crippen LogP contribution in [0.1, 0.15) is 6.42 Å². The SMILES string of the molecule is COc1cc(-c2cccc(OC(F)(F)F)c2)c(F)cc1N1C(=O)CO[C@H]2CN(S(=O)(=O)Nc3ccon3)CC[C@@H]21. The molecule has 2 aliphatic heterocycles. The van der Waals surface area contributed by atoms with Crippen LogP contribution in [-0.2, 0) is 19.7 Å². The highest BCUT2D eigenvalue weighted by atomic mass is 32.2. The summed E-state index contributed by atoms with van der Waals surface area (Å²) in [5.41, 5.74) is 0.0884. The molecule has 1 aromatic heterocycles. The highest BCUT2D eigenvalue weighted by molar-refractivity contribution is 7.90. The van der Waals surface area contributed by atoms with Crippen LogP contribution in [0.15, 0.2) is 53.3 Å². The lowest BCUT2D eigenvalue weighted by Gasteiger charge is -2.46. The van der Waals surface area contributed by atoms with Gasteiger partial charge in [0.25, 0.3) is 5.91 Å². The summed E-state index contributed by atoms with van der Waals surface area (Å²) < 4.78 is 102. The zero-order chi connectivity index (χ0) is 28.7. The van der Waals surface area contributed by atoms with Gasteiger partial charge in [-0.25, -0.2) is 4.39 Å². The number of nitrogens with zero attached hydrogens (tertiary/aromatic N) is 3. The standard InChI is InChI=1S/C24H22F4N4O7S/c1-36-20-10-16(14-3-2-4-15(9-14)39-24(26,27)28)17(25)11-19(20)32-18-5-7-31(12-21(18)37-13-23(32)33)40(34,35)30-22-6-8-38-29-22/h2-4,6,8-11,18,21H,5,7,12-13H2,1H3,(H,29,30)/t18-,21-/m0/s1. The molecule has 0 aliphatic carbocycles. The fourth-order valence-electron chi connectivity index (χ4n) is 4.74. The Labute approximate surface area is 225 Å². The van der Waals surface area contributed by atoms with Crippen molar-refractivity contribution in [2.75, 3.05) is 36.4 Å². The van der Waals surface area contributed by atoms with Gasteiger partial charge in [-0.3, -0.25) is 9.52 Å². The summed E-state index contributed by atoms with van der Waals surface area (Å²) in [5, 5.41) is 3.53. The van der Waals surface area contributed by atoms with Crippen LogP contribution in [0.4, 0.5) is 29.1 Å². The van der Waals surface area contributed by atoms with Crippen LogP contribution in [0.3, 0.4) is 0 Å². The number of morpholine rings is 1. The highest BCUT2D eigenvalue weighted by Gasteiger charge is 2.44. The number of amides is 1. The average molecular weight is 587 g/mol. The first-order chi connectivity index (χ1) is 18.9. The Hall–Kier alpha value is -3.89. The molecule has 2 atom stereocenters. The number of ether oxygens (including phenoxy) is 3. The predicted octanol–water partition coefficient (Wildman–Crippen LogP) is 3.55. The van der Waals surface area contributed by atoms with Crippen molar-refractivity contribution in [1.82, 2.24) is 9.46 Å². The van der Waals surface area contributed by atoms with Gasteiger partial charge in [0, 0.05) is 30.8 Å². The van der Waals surface area contributed by atoms with Crippen molar-refractivity contribution >= 4 is 27.6 Å². The van der Waals surface area contributed by atoms with Crippen LogP contribution in [0.5, 0.6) is 11.5 Å². The largest absolute Gasteiger partial charge is 0.573 e. The first-order valence-electron chi connectivity index (χ1n) is 11.8. The minimum atomic E-state index is -4.92. The Morgan fingerprint density at radius 1 is 1.18 bits per heavy atom. The molecule has 2 saturated heterocycles. The molecule has 0 spiro atoms. The number of alkyl halides is 3. The van der Waals surface area contributed by atoms with Crippen molar-refractivity contribution in [1.29, 1.82) is 0 Å². The predicted molar refractivity (Wildman–Crippen MR) is 131 cm³/mol. The molecule has 0 bridgehead atoms. The normalized spacial score (nSPS) is 20.2. The number of nitrogens with one attached hydrogen (secondary N) is 1. The Balaban J connectivity index is 1.42. The molecule has 1 N–H and O–H groups in total. The number of hydrogen-bond donors (Lipinski definition) is 1. The second kappa shape index (κ2) is 10.6. The molecule has 3 heterocycles. The van der Waals surface area contributed by atoms with Crippen molar-refractivity contribution in [2.45, 2.75) is 24.9 Å². The zero-order valence-corrected chi connectivity index (χ0v) is 21.5. The third-order valence-corrected chi connectivity index (χ3v) is 7.90. The molecule has 2 fully saturated rings. The van der Waals surface area contributed by atoms with Gasteiger partial charge in [-0.2, -0.15) is 12.7 Å². The van der Waals surface area contributed by atoms with E-state index < -0.39 is 52.8 Å². The number of benzene rings is 2. The fraction of sp³-hybridized carbons (Fsp3) is 0.333. The Bertz CT molecular complexity index is 1500. The second-order valence-corrected chi connectivity index (χ2v) is 10.6. The molecular formula is C24H22F4N4O7S. The smallest absolute Gasteiger partial charge is 0.495 e. The quantitative estimate of drug-likeness (QED) is 0.417. The van der Waals surface area contributed by atoms with Gasteiger partial charge in [0.15, 0.2) is 5.82 Å². The van der Waals surface area contributed by atoms with Crippen LogP contribution in [0.25, 0.3) is 11.1 Å². The van der Waals surface area contributed by atoms with E-state index in [0.29, 0.717) is 0 Å². The Kier molecular flexibility index (Phi) is 7.32. The maximum atomic E-state index is 15.4. The van der Waals surface area contributed by atoms with Gasteiger partial charge < -0.3 is 23.6 Å². The van der Waals surface area contributed by atoms with E-state index in [9.17, 15) is 26.4 Å². The maximum absolute atomic E-state index is 15.4. The van der Waals surface area contributed by atoms with E-state index in [2.05, 4.69) is 19.1 Å². The summed E-state index contributed by atoms with van der Waals surface area (Å²) in [4.78, 5) is 14.3. The van der Waals surface area contributed by atoms with Crippen molar-refractivity contribution in [2.24, 2.45) is 0 Å². The molecule has 214 valence electrons. The van der Waals surface area contributed by atoms with E-state index in [1.807, 2.05) is 0 Å². The summed E-state index contributed by atoms with van der Waals surface area (Å²) in [6, 6.07) is 7.82. The molecule has 1 amide bonds. The summed E-state index contributed by atoms with van der Waals surface area (Å²) >= 11 is 0. The van der Waals surface area contributed by atoms with E-state index in [1.165, 1.54) is 42.5 Å². The molecule has 2 aliphatic rings. The monoisotopic (exact) mass is 586 g/mol. The number of carbonyl (C=O) groups is 1. The van der Waals surface area contributed by atoms with Gasteiger partial charge in [-0.15, -0.1) is 13.2 Å². The van der Waals surface area contributed by atoms with E-state index in [0.717, 1.165) is 22.5 Å². The average Bonchev–Trinajstić information content (AvgIpc) is 3.40. The number of rotatable bonds is 7. The lowest BCUT2D eigenvalue weighted by Crippen LogP contribution is -2.62. The Morgan fingerprint density at radius 2 is 1.98 bits per heavy atom. The summed E-state index contributed by atoms with van der Waals surface area (Å²) in [5.74, 6) is -1.77. The van der Waals surface area contributed by atoms with Crippen LogP contribution < -0.4 is 19.1 Å². The minimum absolute atomic E-state index is 0.000651. The molecular weight excluding hydrogens is 564 g/mol. The molecule has 16 heteroatoms. The van der Waals surface area contributed by atoms with E-state index in [-0.39, 0.29) is 47.9 Å². The topological polar surface area (TPSA) is 123 Å².